The molecule has 98 valence electrons. The van der Waals surface area contributed by atoms with Gasteiger partial charge in [-0.15, -0.1) is 0 Å². The average molecular weight is 243 g/mol. The summed E-state index contributed by atoms with van der Waals surface area (Å²) < 4.78 is 10.2. The summed E-state index contributed by atoms with van der Waals surface area (Å²) in [5.74, 6) is -0.473. The molecule has 0 spiro atoms. The Morgan fingerprint density at radius 1 is 1.41 bits per heavy atom. The highest BCUT2D eigenvalue weighted by molar-refractivity contribution is 5.84. The van der Waals surface area contributed by atoms with E-state index in [4.69, 9.17) is 9.47 Å². The molecule has 5 nitrogen and oxygen atoms in total. The van der Waals surface area contributed by atoms with Gasteiger partial charge in [0.15, 0.2) is 0 Å². The number of rotatable bonds is 5. The topological polar surface area (TPSA) is 55.8 Å². The maximum Gasteiger partial charge on any atom is 0.325 e. The first kappa shape index (κ1) is 14.0. The van der Waals surface area contributed by atoms with Gasteiger partial charge in [-0.3, -0.25) is 9.59 Å². The minimum atomic E-state index is -0.352. The van der Waals surface area contributed by atoms with Gasteiger partial charge in [0.1, 0.15) is 6.54 Å². The zero-order chi connectivity index (χ0) is 12.8. The van der Waals surface area contributed by atoms with Crippen molar-refractivity contribution in [1.82, 2.24) is 4.90 Å². The third-order valence-electron chi connectivity index (χ3n) is 2.87. The van der Waals surface area contributed by atoms with Crippen LogP contribution in [0.5, 0.6) is 0 Å². The Morgan fingerprint density at radius 2 is 2.12 bits per heavy atom. The molecule has 1 saturated heterocycles. The highest BCUT2D eigenvalue weighted by Gasteiger charge is 2.31. The van der Waals surface area contributed by atoms with Crippen molar-refractivity contribution in [3.63, 3.8) is 0 Å². The molecule has 5 heteroatoms. The number of carbonyl (C=O) groups is 2. The summed E-state index contributed by atoms with van der Waals surface area (Å²) in [6, 6.07) is 0. The van der Waals surface area contributed by atoms with Crippen LogP contribution in [-0.4, -0.2) is 49.2 Å². The number of amides is 1. The van der Waals surface area contributed by atoms with Crippen LogP contribution in [0.15, 0.2) is 0 Å². The lowest BCUT2D eigenvalue weighted by molar-refractivity contribution is -0.150. The molecule has 2 atom stereocenters. The number of nitrogens with zero attached hydrogens (tertiary/aromatic N) is 1. The van der Waals surface area contributed by atoms with Crippen LogP contribution in [-0.2, 0) is 19.1 Å². The van der Waals surface area contributed by atoms with E-state index in [1.54, 1.807) is 6.92 Å². The number of carbonyl (C=O) groups excluding carboxylic acids is 2. The van der Waals surface area contributed by atoms with Gasteiger partial charge in [0.05, 0.1) is 25.2 Å². The summed E-state index contributed by atoms with van der Waals surface area (Å²) in [4.78, 5) is 25.0. The van der Waals surface area contributed by atoms with Crippen LogP contribution in [0.1, 0.15) is 27.2 Å². The number of esters is 1. The van der Waals surface area contributed by atoms with Gasteiger partial charge < -0.3 is 14.4 Å². The first-order valence-electron chi connectivity index (χ1n) is 6.14. The van der Waals surface area contributed by atoms with E-state index in [0.717, 1.165) is 6.42 Å². The minimum Gasteiger partial charge on any atom is -0.465 e. The standard InChI is InChI=1S/C12H21NO4/c1-4-13(7-11(14)16-5-2)12(15)10-6-9(3)17-8-10/h9-10H,4-8H2,1-3H3. The van der Waals surface area contributed by atoms with Crippen LogP contribution in [0.25, 0.3) is 0 Å². The molecule has 0 aliphatic carbocycles. The highest BCUT2D eigenvalue weighted by Crippen LogP contribution is 2.21. The molecule has 0 aromatic rings. The SMILES string of the molecule is CCOC(=O)CN(CC)C(=O)C1COC(C)C1. The maximum absolute atomic E-state index is 12.1. The average Bonchev–Trinajstić information content (AvgIpc) is 2.72. The summed E-state index contributed by atoms with van der Waals surface area (Å²) in [6.07, 6.45) is 0.864. The molecule has 1 amide bonds. The second-order valence-electron chi connectivity index (χ2n) is 4.23. The van der Waals surface area contributed by atoms with Crippen LogP contribution in [0.3, 0.4) is 0 Å². The van der Waals surface area contributed by atoms with Gasteiger partial charge >= 0.3 is 5.97 Å². The minimum absolute atomic E-state index is 0.00935. The molecular weight excluding hydrogens is 222 g/mol. The monoisotopic (exact) mass is 243 g/mol. The second-order valence-corrected chi connectivity index (χ2v) is 4.23. The molecule has 0 aromatic carbocycles. The van der Waals surface area contributed by atoms with Crippen molar-refractivity contribution >= 4 is 11.9 Å². The molecule has 1 rings (SSSR count). The summed E-state index contributed by atoms with van der Waals surface area (Å²) in [7, 11) is 0. The quantitative estimate of drug-likeness (QED) is 0.671. The van der Waals surface area contributed by atoms with Gasteiger partial charge in [-0.25, -0.2) is 0 Å². The Kier molecular flexibility index (Phi) is 5.41. The summed E-state index contributed by atoms with van der Waals surface area (Å²) in [5, 5.41) is 0. The van der Waals surface area contributed by atoms with E-state index in [-0.39, 0.29) is 30.4 Å². The lowest BCUT2D eigenvalue weighted by atomic mass is 10.0. The first-order valence-corrected chi connectivity index (χ1v) is 6.14. The van der Waals surface area contributed by atoms with Crippen LogP contribution in [0.2, 0.25) is 0 Å². The van der Waals surface area contributed by atoms with Gasteiger partial charge in [-0.2, -0.15) is 0 Å². The Hall–Kier alpha value is -1.10. The summed E-state index contributed by atoms with van der Waals surface area (Å²) >= 11 is 0. The third kappa shape index (κ3) is 4.00. The fourth-order valence-electron chi connectivity index (χ4n) is 1.96. The molecule has 17 heavy (non-hydrogen) atoms. The van der Waals surface area contributed by atoms with E-state index >= 15 is 0 Å². The van der Waals surface area contributed by atoms with Gasteiger partial charge in [0, 0.05) is 6.54 Å². The lowest BCUT2D eigenvalue weighted by Crippen LogP contribution is -2.40. The molecule has 0 bridgehead atoms. The Balaban J connectivity index is 2.49. The lowest BCUT2D eigenvalue weighted by Gasteiger charge is -2.22. The van der Waals surface area contributed by atoms with E-state index < -0.39 is 0 Å². The van der Waals surface area contributed by atoms with E-state index in [2.05, 4.69) is 0 Å². The van der Waals surface area contributed by atoms with Crippen LogP contribution in [0, 0.1) is 5.92 Å². The van der Waals surface area contributed by atoms with Gasteiger partial charge in [0.2, 0.25) is 5.91 Å². The molecule has 1 aliphatic rings. The maximum atomic E-state index is 12.1. The normalized spacial score (nSPS) is 23.5. The van der Waals surface area contributed by atoms with Crippen molar-refractivity contribution in [1.29, 1.82) is 0 Å². The van der Waals surface area contributed by atoms with E-state index in [9.17, 15) is 9.59 Å². The third-order valence-corrected chi connectivity index (χ3v) is 2.87. The van der Waals surface area contributed by atoms with E-state index in [0.29, 0.717) is 19.8 Å². The van der Waals surface area contributed by atoms with Gasteiger partial charge in [0.25, 0.3) is 0 Å². The van der Waals surface area contributed by atoms with Crippen LogP contribution >= 0.6 is 0 Å². The summed E-state index contributed by atoms with van der Waals surface area (Å²) in [5.41, 5.74) is 0. The van der Waals surface area contributed by atoms with Crippen molar-refractivity contribution in [2.45, 2.75) is 33.3 Å². The van der Waals surface area contributed by atoms with Gasteiger partial charge in [-0.05, 0) is 27.2 Å². The molecule has 2 unspecified atom stereocenters. The molecule has 0 N–H and O–H groups in total. The van der Waals surface area contributed by atoms with Crippen LogP contribution in [0.4, 0.5) is 0 Å². The van der Waals surface area contributed by atoms with Crippen molar-refractivity contribution in [2.24, 2.45) is 5.92 Å². The van der Waals surface area contributed by atoms with E-state index in [1.807, 2.05) is 13.8 Å². The Bertz CT molecular complexity index is 280. The zero-order valence-corrected chi connectivity index (χ0v) is 10.8. The predicted molar refractivity (Wildman–Crippen MR) is 62.4 cm³/mol. The fourth-order valence-corrected chi connectivity index (χ4v) is 1.96. The molecule has 1 fully saturated rings. The van der Waals surface area contributed by atoms with Crippen molar-refractivity contribution < 1.29 is 19.1 Å². The molecule has 0 aromatic heterocycles. The summed E-state index contributed by atoms with van der Waals surface area (Å²) in [6.45, 7) is 6.91. The largest absolute Gasteiger partial charge is 0.465 e. The molecule has 0 radical (unpaired) electrons. The molecule has 0 saturated carbocycles. The predicted octanol–water partition coefficient (Wildman–Crippen LogP) is 0.823. The first-order chi connectivity index (χ1) is 8.08. The van der Waals surface area contributed by atoms with Crippen molar-refractivity contribution in [3.8, 4) is 0 Å². The highest BCUT2D eigenvalue weighted by atomic mass is 16.5. The van der Waals surface area contributed by atoms with Crippen molar-refractivity contribution in [2.75, 3.05) is 26.3 Å². The zero-order valence-electron chi connectivity index (χ0n) is 10.8. The second kappa shape index (κ2) is 6.59. The van der Waals surface area contributed by atoms with E-state index in [1.165, 1.54) is 4.90 Å². The van der Waals surface area contributed by atoms with Gasteiger partial charge in [-0.1, -0.05) is 0 Å². The molecular formula is C12H21NO4. The van der Waals surface area contributed by atoms with Crippen molar-refractivity contribution in [3.05, 3.63) is 0 Å². The number of ether oxygens (including phenoxy) is 2. The molecule has 1 heterocycles. The smallest absolute Gasteiger partial charge is 0.325 e. The molecule has 1 aliphatic heterocycles. The van der Waals surface area contributed by atoms with Crippen LogP contribution < -0.4 is 0 Å². The fraction of sp³-hybridized carbons (Fsp3) is 0.833. The number of hydrogen-bond acceptors (Lipinski definition) is 4. The Morgan fingerprint density at radius 3 is 2.59 bits per heavy atom. The number of likely N-dealkylation sites (N-methyl/N-ethyl adjacent to an activating group) is 1. The number of hydrogen-bond donors (Lipinski definition) is 0. The Labute approximate surface area is 102 Å².